The number of unbranched alkanes of at least 4 members (excludes halogenated alkanes) is 1. The van der Waals surface area contributed by atoms with Crippen LogP contribution in [0.3, 0.4) is 0 Å². The highest BCUT2D eigenvalue weighted by Crippen LogP contribution is 2.24. The summed E-state index contributed by atoms with van der Waals surface area (Å²) < 4.78 is 5.08. The summed E-state index contributed by atoms with van der Waals surface area (Å²) in [4.78, 5) is 0. The van der Waals surface area contributed by atoms with Gasteiger partial charge in [-0.15, -0.1) is 0 Å². The zero-order valence-corrected chi connectivity index (χ0v) is 10.3. The molecule has 3 nitrogen and oxygen atoms in total. The molecule has 0 radical (unpaired) electrons. The molecular formula is C12H18ClNO2. The Morgan fingerprint density at radius 2 is 2.19 bits per heavy atom. The van der Waals surface area contributed by atoms with Gasteiger partial charge < -0.3 is 15.2 Å². The van der Waals surface area contributed by atoms with E-state index in [0.29, 0.717) is 10.8 Å². The topological polar surface area (TPSA) is 41.5 Å². The van der Waals surface area contributed by atoms with Gasteiger partial charge in [0, 0.05) is 13.2 Å². The molecule has 1 aromatic carbocycles. The monoisotopic (exact) mass is 243 g/mol. The minimum atomic E-state index is 0.260. The van der Waals surface area contributed by atoms with E-state index >= 15 is 0 Å². The predicted octanol–water partition coefficient (Wildman–Crippen LogP) is 2.21. The molecule has 90 valence electrons. The van der Waals surface area contributed by atoms with Gasteiger partial charge in [-0.05, 0) is 37.1 Å². The minimum Gasteiger partial charge on any atom is -0.495 e. The number of hydrogen-bond donors (Lipinski definition) is 2. The van der Waals surface area contributed by atoms with E-state index in [4.69, 9.17) is 21.4 Å². The van der Waals surface area contributed by atoms with Gasteiger partial charge in [0.2, 0.25) is 0 Å². The van der Waals surface area contributed by atoms with Crippen molar-refractivity contribution in [3.05, 3.63) is 28.8 Å². The highest BCUT2D eigenvalue weighted by Gasteiger charge is 2.01. The fourth-order valence-electron chi connectivity index (χ4n) is 1.41. The quantitative estimate of drug-likeness (QED) is 0.722. The van der Waals surface area contributed by atoms with Crippen LogP contribution in [-0.2, 0) is 6.54 Å². The lowest BCUT2D eigenvalue weighted by molar-refractivity contribution is 0.283. The maximum atomic E-state index is 8.62. The van der Waals surface area contributed by atoms with E-state index in [1.165, 1.54) is 0 Å². The van der Waals surface area contributed by atoms with Gasteiger partial charge in [-0.25, -0.2) is 0 Å². The number of methoxy groups -OCH3 is 1. The lowest BCUT2D eigenvalue weighted by Gasteiger charge is -2.07. The van der Waals surface area contributed by atoms with Gasteiger partial charge in [0.15, 0.2) is 0 Å². The first-order valence-electron chi connectivity index (χ1n) is 5.42. The first-order valence-corrected chi connectivity index (χ1v) is 5.79. The summed E-state index contributed by atoms with van der Waals surface area (Å²) in [6.45, 7) is 1.95. The Kier molecular flexibility index (Phi) is 6.23. The Morgan fingerprint density at radius 1 is 1.38 bits per heavy atom. The molecule has 0 aliphatic heterocycles. The highest BCUT2D eigenvalue weighted by atomic mass is 35.5. The molecule has 0 aliphatic rings. The van der Waals surface area contributed by atoms with Crippen LogP contribution in [0.2, 0.25) is 5.02 Å². The molecule has 0 atom stereocenters. The second kappa shape index (κ2) is 7.49. The van der Waals surface area contributed by atoms with E-state index in [9.17, 15) is 0 Å². The van der Waals surface area contributed by atoms with Crippen LogP contribution in [0.15, 0.2) is 18.2 Å². The second-order valence-electron chi connectivity index (χ2n) is 3.58. The van der Waals surface area contributed by atoms with Crippen molar-refractivity contribution >= 4 is 11.6 Å². The van der Waals surface area contributed by atoms with Gasteiger partial charge >= 0.3 is 0 Å². The minimum absolute atomic E-state index is 0.260. The standard InChI is InChI=1S/C12H18ClNO2/c1-16-12-5-4-10(8-11(12)13)9-14-6-2-3-7-15/h4-5,8,14-15H,2-3,6-7,9H2,1H3. The summed E-state index contributed by atoms with van der Waals surface area (Å²) in [7, 11) is 1.61. The lowest BCUT2D eigenvalue weighted by atomic mass is 10.2. The van der Waals surface area contributed by atoms with E-state index in [0.717, 1.165) is 31.5 Å². The number of benzene rings is 1. The number of aliphatic hydroxyl groups excluding tert-OH is 1. The van der Waals surface area contributed by atoms with Gasteiger partial charge in [-0.3, -0.25) is 0 Å². The Labute approximate surface area is 101 Å². The Morgan fingerprint density at radius 3 is 2.81 bits per heavy atom. The first kappa shape index (κ1) is 13.3. The first-order chi connectivity index (χ1) is 7.77. The van der Waals surface area contributed by atoms with Gasteiger partial charge in [0.05, 0.1) is 12.1 Å². The third-order valence-electron chi connectivity index (χ3n) is 2.31. The Hall–Kier alpha value is -0.770. The van der Waals surface area contributed by atoms with Gasteiger partial charge in [0.1, 0.15) is 5.75 Å². The van der Waals surface area contributed by atoms with E-state index in [1.807, 2.05) is 18.2 Å². The third kappa shape index (κ3) is 4.39. The smallest absolute Gasteiger partial charge is 0.137 e. The van der Waals surface area contributed by atoms with Crippen LogP contribution in [0, 0.1) is 0 Å². The van der Waals surface area contributed by atoms with Gasteiger partial charge in [-0.1, -0.05) is 17.7 Å². The van der Waals surface area contributed by atoms with Crippen LogP contribution < -0.4 is 10.1 Å². The van der Waals surface area contributed by atoms with Crippen molar-refractivity contribution in [3.8, 4) is 5.75 Å². The van der Waals surface area contributed by atoms with Crippen LogP contribution in [0.4, 0.5) is 0 Å². The lowest BCUT2D eigenvalue weighted by Crippen LogP contribution is -2.14. The van der Waals surface area contributed by atoms with E-state index in [1.54, 1.807) is 7.11 Å². The van der Waals surface area contributed by atoms with E-state index < -0.39 is 0 Å². The van der Waals surface area contributed by atoms with Gasteiger partial charge in [-0.2, -0.15) is 0 Å². The van der Waals surface area contributed by atoms with Crippen molar-refractivity contribution < 1.29 is 9.84 Å². The zero-order chi connectivity index (χ0) is 11.8. The van der Waals surface area contributed by atoms with Crippen LogP contribution in [0.5, 0.6) is 5.75 Å². The molecule has 0 spiro atoms. The molecule has 0 unspecified atom stereocenters. The molecule has 0 saturated heterocycles. The molecule has 0 aromatic heterocycles. The summed E-state index contributed by atoms with van der Waals surface area (Å²) in [6.07, 6.45) is 1.83. The summed E-state index contributed by atoms with van der Waals surface area (Å²) in [5.41, 5.74) is 1.13. The maximum Gasteiger partial charge on any atom is 0.137 e. The fraction of sp³-hybridized carbons (Fsp3) is 0.500. The highest BCUT2D eigenvalue weighted by molar-refractivity contribution is 6.32. The third-order valence-corrected chi connectivity index (χ3v) is 2.60. The van der Waals surface area contributed by atoms with Crippen molar-refractivity contribution in [2.75, 3.05) is 20.3 Å². The molecular weight excluding hydrogens is 226 g/mol. The Balaban J connectivity index is 2.34. The average molecular weight is 244 g/mol. The largest absolute Gasteiger partial charge is 0.495 e. The second-order valence-corrected chi connectivity index (χ2v) is 3.98. The van der Waals surface area contributed by atoms with Crippen LogP contribution in [0.1, 0.15) is 18.4 Å². The van der Waals surface area contributed by atoms with E-state index in [2.05, 4.69) is 5.32 Å². The molecule has 0 fully saturated rings. The molecule has 0 saturated carbocycles. The van der Waals surface area contributed by atoms with E-state index in [-0.39, 0.29) is 6.61 Å². The van der Waals surface area contributed by atoms with Crippen molar-refractivity contribution in [1.82, 2.24) is 5.32 Å². The maximum absolute atomic E-state index is 8.62. The molecule has 0 aliphatic carbocycles. The molecule has 16 heavy (non-hydrogen) atoms. The summed E-state index contributed by atoms with van der Waals surface area (Å²) >= 11 is 6.01. The van der Waals surface area contributed by atoms with Crippen LogP contribution in [-0.4, -0.2) is 25.4 Å². The van der Waals surface area contributed by atoms with Crippen molar-refractivity contribution in [2.45, 2.75) is 19.4 Å². The molecule has 4 heteroatoms. The van der Waals surface area contributed by atoms with Crippen molar-refractivity contribution in [3.63, 3.8) is 0 Å². The SMILES string of the molecule is COc1ccc(CNCCCCO)cc1Cl. The van der Waals surface area contributed by atoms with Crippen LogP contribution >= 0.6 is 11.6 Å². The number of aliphatic hydroxyl groups is 1. The number of ether oxygens (including phenoxy) is 1. The number of rotatable bonds is 7. The molecule has 1 aromatic rings. The zero-order valence-electron chi connectivity index (χ0n) is 9.50. The van der Waals surface area contributed by atoms with Crippen LogP contribution in [0.25, 0.3) is 0 Å². The molecule has 2 N–H and O–H groups in total. The fourth-order valence-corrected chi connectivity index (χ4v) is 1.69. The molecule has 0 heterocycles. The number of hydrogen-bond acceptors (Lipinski definition) is 3. The predicted molar refractivity (Wildman–Crippen MR) is 66.0 cm³/mol. The molecule has 1 rings (SSSR count). The number of halogens is 1. The average Bonchev–Trinajstić information content (AvgIpc) is 2.29. The summed E-state index contributed by atoms with van der Waals surface area (Å²) in [6, 6.07) is 5.76. The number of nitrogens with one attached hydrogen (secondary N) is 1. The normalized spacial score (nSPS) is 10.4. The summed E-state index contributed by atoms with van der Waals surface area (Å²) in [5.74, 6) is 0.700. The molecule has 0 bridgehead atoms. The Bertz CT molecular complexity index is 318. The molecule has 0 amide bonds. The van der Waals surface area contributed by atoms with Gasteiger partial charge in [0.25, 0.3) is 0 Å². The van der Waals surface area contributed by atoms with Crippen molar-refractivity contribution in [2.24, 2.45) is 0 Å². The van der Waals surface area contributed by atoms with Crippen molar-refractivity contribution in [1.29, 1.82) is 0 Å². The summed E-state index contributed by atoms with van der Waals surface area (Å²) in [5, 5.41) is 12.5.